The molecule has 0 aliphatic carbocycles. The fourth-order valence-corrected chi connectivity index (χ4v) is 1.46. The highest BCUT2D eigenvalue weighted by molar-refractivity contribution is 5.29. The van der Waals surface area contributed by atoms with E-state index in [0.29, 0.717) is 0 Å². The van der Waals surface area contributed by atoms with Gasteiger partial charge < -0.3 is 5.11 Å². The molecule has 1 N–H and O–H groups in total. The van der Waals surface area contributed by atoms with E-state index >= 15 is 0 Å². The lowest BCUT2D eigenvalue weighted by Crippen LogP contribution is -2.26. The van der Waals surface area contributed by atoms with Gasteiger partial charge in [-0.15, -0.1) is 6.58 Å². The van der Waals surface area contributed by atoms with Gasteiger partial charge in [0.05, 0.1) is 11.2 Å². The summed E-state index contributed by atoms with van der Waals surface area (Å²) >= 11 is 0. The average Bonchev–Trinajstić information content (AvgIpc) is 2.23. The molecule has 0 saturated carbocycles. The zero-order chi connectivity index (χ0) is 13.4. The van der Waals surface area contributed by atoms with E-state index < -0.39 is 40.3 Å². The first-order chi connectivity index (χ1) is 7.74. The first kappa shape index (κ1) is 13.6. The lowest BCUT2D eigenvalue weighted by molar-refractivity contribution is 0.0503. The van der Waals surface area contributed by atoms with Crippen LogP contribution in [0.25, 0.3) is 0 Å². The largest absolute Gasteiger partial charge is 0.385 e. The van der Waals surface area contributed by atoms with Crippen molar-refractivity contribution in [3.8, 4) is 0 Å². The summed E-state index contributed by atoms with van der Waals surface area (Å²) in [4.78, 5) is 0. The molecule has 1 rings (SSSR count). The Hall–Kier alpha value is -1.43. The third-order valence-electron chi connectivity index (χ3n) is 2.29. The molecule has 94 valence electrons. The van der Waals surface area contributed by atoms with Crippen molar-refractivity contribution in [2.75, 3.05) is 0 Å². The summed E-state index contributed by atoms with van der Waals surface area (Å²) in [6.07, 6.45) is 0.753. The maximum absolute atomic E-state index is 13.3. The summed E-state index contributed by atoms with van der Waals surface area (Å²) in [5, 5.41) is 9.68. The van der Waals surface area contributed by atoms with Gasteiger partial charge in [0.25, 0.3) is 0 Å². The summed E-state index contributed by atoms with van der Waals surface area (Å²) in [6, 6.07) is 0. The lowest BCUT2D eigenvalue weighted by atomic mass is 9.91. The van der Waals surface area contributed by atoms with E-state index in [0.717, 1.165) is 13.0 Å². The molecule has 0 heterocycles. The lowest BCUT2D eigenvalue weighted by Gasteiger charge is -2.23. The normalized spacial score (nSPS) is 14.5. The average molecular weight is 252 g/mol. The second kappa shape index (κ2) is 4.44. The Labute approximate surface area is 94.2 Å². The fraction of sp³-hybridized carbons (Fsp3) is 0.273. The van der Waals surface area contributed by atoms with Gasteiger partial charge in [-0.2, -0.15) is 0 Å². The topological polar surface area (TPSA) is 20.2 Å². The molecule has 0 radical (unpaired) electrons. The molecule has 1 atom stereocenters. The van der Waals surface area contributed by atoms with Crippen molar-refractivity contribution < 1.29 is 27.1 Å². The molecule has 17 heavy (non-hydrogen) atoms. The van der Waals surface area contributed by atoms with Gasteiger partial charge in [-0.25, -0.2) is 22.0 Å². The predicted octanol–water partition coefficient (Wildman–Crippen LogP) is 3.17. The van der Waals surface area contributed by atoms with Crippen LogP contribution in [0.15, 0.2) is 12.7 Å². The van der Waals surface area contributed by atoms with Crippen molar-refractivity contribution in [1.82, 2.24) is 0 Å². The summed E-state index contributed by atoms with van der Waals surface area (Å²) < 4.78 is 65.1. The molecule has 0 unspecified atom stereocenters. The molecule has 1 aromatic carbocycles. The molecule has 0 aliphatic rings. The zero-order valence-electron chi connectivity index (χ0n) is 8.83. The van der Waals surface area contributed by atoms with Crippen LogP contribution >= 0.6 is 0 Å². The first-order valence-electron chi connectivity index (χ1n) is 4.59. The van der Waals surface area contributed by atoms with E-state index in [1.54, 1.807) is 0 Å². The molecular weight excluding hydrogens is 243 g/mol. The Morgan fingerprint density at radius 2 is 1.35 bits per heavy atom. The van der Waals surface area contributed by atoms with Gasteiger partial charge >= 0.3 is 0 Å². The zero-order valence-corrected chi connectivity index (χ0v) is 8.83. The Bertz CT molecular complexity index is 438. The highest BCUT2D eigenvalue weighted by Gasteiger charge is 2.35. The number of rotatable bonds is 3. The molecule has 0 bridgehead atoms. The molecule has 0 aromatic heterocycles. The van der Waals surface area contributed by atoms with E-state index in [4.69, 9.17) is 0 Å². The summed E-state index contributed by atoms with van der Waals surface area (Å²) in [6.45, 7) is 4.16. The van der Waals surface area contributed by atoms with Crippen LogP contribution in [0.5, 0.6) is 0 Å². The summed E-state index contributed by atoms with van der Waals surface area (Å²) in [5.74, 6) is -10.5. The van der Waals surface area contributed by atoms with Crippen molar-refractivity contribution in [1.29, 1.82) is 0 Å². The Morgan fingerprint density at radius 3 is 1.71 bits per heavy atom. The molecule has 0 fully saturated rings. The third-order valence-corrected chi connectivity index (χ3v) is 2.29. The van der Waals surface area contributed by atoms with Crippen molar-refractivity contribution in [2.45, 2.75) is 18.9 Å². The molecule has 0 saturated heterocycles. The maximum atomic E-state index is 13.3. The smallest absolute Gasteiger partial charge is 0.200 e. The van der Waals surface area contributed by atoms with Gasteiger partial charge in [-0.05, 0) is 13.3 Å². The van der Waals surface area contributed by atoms with Crippen molar-refractivity contribution >= 4 is 0 Å². The fourth-order valence-electron chi connectivity index (χ4n) is 1.46. The summed E-state index contributed by atoms with van der Waals surface area (Å²) in [7, 11) is 0. The third kappa shape index (κ3) is 2.17. The maximum Gasteiger partial charge on any atom is 0.200 e. The van der Waals surface area contributed by atoms with Crippen LogP contribution in [0.1, 0.15) is 18.9 Å². The number of hydrogen-bond acceptors (Lipinski definition) is 1. The number of aliphatic hydroxyl groups is 1. The first-order valence-corrected chi connectivity index (χ1v) is 4.59. The van der Waals surface area contributed by atoms with Gasteiger partial charge in [0.1, 0.15) is 0 Å². The molecular formula is C11H9F5O. The van der Waals surface area contributed by atoms with E-state index in [-0.39, 0.29) is 6.42 Å². The SMILES string of the molecule is C=CC[C@@](C)(O)c1c(F)c(F)c(F)c(F)c1F. The summed E-state index contributed by atoms with van der Waals surface area (Å²) in [5.41, 5.74) is -3.47. The molecule has 0 amide bonds. The molecule has 1 aromatic rings. The Morgan fingerprint density at radius 1 is 1.00 bits per heavy atom. The number of hydrogen-bond donors (Lipinski definition) is 1. The second-order valence-corrected chi connectivity index (χ2v) is 3.71. The van der Waals surface area contributed by atoms with Crippen LogP contribution in [0, 0.1) is 29.1 Å². The number of halogens is 5. The Kier molecular flexibility index (Phi) is 3.56. The number of benzene rings is 1. The molecule has 6 heteroatoms. The van der Waals surface area contributed by atoms with Crippen LogP contribution in [0.2, 0.25) is 0 Å². The van der Waals surface area contributed by atoms with E-state index in [9.17, 15) is 27.1 Å². The standard InChI is InChI=1S/C11H9F5O/c1-3-4-11(2,17)5-6(12)8(14)10(16)9(15)7(5)13/h3,17H,1,4H2,2H3/t11-/m1/s1. The van der Waals surface area contributed by atoms with Crippen molar-refractivity contribution in [3.63, 3.8) is 0 Å². The van der Waals surface area contributed by atoms with Crippen LogP contribution in [0.4, 0.5) is 22.0 Å². The van der Waals surface area contributed by atoms with Gasteiger partial charge in [0.2, 0.25) is 5.82 Å². The molecule has 0 spiro atoms. The minimum Gasteiger partial charge on any atom is -0.385 e. The van der Waals surface area contributed by atoms with Gasteiger partial charge in [-0.1, -0.05) is 6.08 Å². The predicted molar refractivity (Wildman–Crippen MR) is 50.6 cm³/mol. The van der Waals surface area contributed by atoms with Crippen LogP contribution in [-0.2, 0) is 5.60 Å². The molecule has 1 nitrogen and oxygen atoms in total. The van der Waals surface area contributed by atoms with E-state index in [1.807, 2.05) is 0 Å². The van der Waals surface area contributed by atoms with Gasteiger partial charge in [0.15, 0.2) is 23.3 Å². The van der Waals surface area contributed by atoms with Crippen molar-refractivity contribution in [2.24, 2.45) is 0 Å². The van der Waals surface area contributed by atoms with Crippen molar-refractivity contribution in [3.05, 3.63) is 47.3 Å². The van der Waals surface area contributed by atoms with Gasteiger partial charge in [0, 0.05) is 0 Å². The Balaban J connectivity index is 3.60. The van der Waals surface area contributed by atoms with Crippen LogP contribution in [0.3, 0.4) is 0 Å². The van der Waals surface area contributed by atoms with E-state index in [1.165, 1.54) is 0 Å². The minimum atomic E-state index is -2.25. The van der Waals surface area contributed by atoms with Crippen LogP contribution in [-0.4, -0.2) is 5.11 Å². The second-order valence-electron chi connectivity index (χ2n) is 3.71. The highest BCUT2D eigenvalue weighted by Crippen LogP contribution is 2.33. The quantitative estimate of drug-likeness (QED) is 0.379. The monoisotopic (exact) mass is 252 g/mol. The highest BCUT2D eigenvalue weighted by atomic mass is 19.2. The molecule has 0 aliphatic heterocycles. The van der Waals surface area contributed by atoms with Crippen LogP contribution < -0.4 is 0 Å². The van der Waals surface area contributed by atoms with E-state index in [2.05, 4.69) is 6.58 Å². The minimum absolute atomic E-state index is 0.356. The van der Waals surface area contributed by atoms with Gasteiger partial charge in [-0.3, -0.25) is 0 Å².